The summed E-state index contributed by atoms with van der Waals surface area (Å²) < 4.78 is 5.56. The van der Waals surface area contributed by atoms with E-state index >= 15 is 0 Å². The molecule has 0 spiro atoms. The molecule has 0 heterocycles. The molecule has 104 valence electrons. The maximum atomic E-state index is 11.9. The number of hydrogen-bond acceptors (Lipinski definition) is 3. The number of rotatable bonds is 6. The average molecular weight is 262 g/mol. The number of carbonyl (C=O) groups excluding carboxylic acids is 1. The molecule has 4 heteroatoms. The molecule has 0 aromatic heterocycles. The maximum Gasteiger partial charge on any atom is 0.240 e. The van der Waals surface area contributed by atoms with Gasteiger partial charge in [0.25, 0.3) is 0 Å². The summed E-state index contributed by atoms with van der Waals surface area (Å²) in [6.07, 6.45) is 4.51. The van der Waals surface area contributed by atoms with E-state index in [-0.39, 0.29) is 5.91 Å². The van der Waals surface area contributed by atoms with Crippen molar-refractivity contribution in [3.63, 3.8) is 0 Å². The van der Waals surface area contributed by atoms with Gasteiger partial charge in [0.05, 0.1) is 12.1 Å². The lowest BCUT2D eigenvalue weighted by Crippen LogP contribution is -2.52. The third-order valence-electron chi connectivity index (χ3n) is 3.57. The van der Waals surface area contributed by atoms with Crippen LogP contribution in [0.5, 0.6) is 5.75 Å². The van der Waals surface area contributed by atoms with Gasteiger partial charge in [-0.15, -0.1) is 0 Å². The molecule has 3 N–H and O–H groups in total. The number of hydrogen-bond donors (Lipinski definition) is 2. The number of para-hydroxylation sites is 1. The van der Waals surface area contributed by atoms with Gasteiger partial charge in [0.15, 0.2) is 0 Å². The van der Waals surface area contributed by atoms with Crippen LogP contribution < -0.4 is 15.8 Å². The topological polar surface area (TPSA) is 64.4 Å². The number of carbonyl (C=O) groups is 1. The highest BCUT2D eigenvalue weighted by atomic mass is 16.5. The molecule has 1 aliphatic carbocycles. The maximum absolute atomic E-state index is 11.9. The average Bonchev–Trinajstić information content (AvgIpc) is 2.88. The molecule has 0 bridgehead atoms. The molecule has 1 saturated carbocycles. The second kappa shape index (κ2) is 6.57. The van der Waals surface area contributed by atoms with Crippen molar-refractivity contribution in [1.29, 1.82) is 0 Å². The summed E-state index contributed by atoms with van der Waals surface area (Å²) in [6, 6.07) is 9.68. The van der Waals surface area contributed by atoms with Gasteiger partial charge in [-0.1, -0.05) is 31.0 Å². The van der Waals surface area contributed by atoms with Crippen LogP contribution in [0.15, 0.2) is 30.3 Å². The van der Waals surface area contributed by atoms with E-state index in [9.17, 15) is 4.79 Å². The SMILES string of the molecule is NC1(C(=O)NCCCOc2ccccc2)CCCC1. The third-order valence-corrected chi connectivity index (χ3v) is 3.57. The van der Waals surface area contributed by atoms with Gasteiger partial charge < -0.3 is 15.8 Å². The van der Waals surface area contributed by atoms with Crippen molar-refractivity contribution < 1.29 is 9.53 Å². The monoisotopic (exact) mass is 262 g/mol. The molecule has 0 atom stereocenters. The quantitative estimate of drug-likeness (QED) is 0.769. The fourth-order valence-electron chi connectivity index (χ4n) is 2.39. The number of nitrogens with one attached hydrogen (secondary N) is 1. The Hall–Kier alpha value is -1.55. The number of amides is 1. The molecular weight excluding hydrogens is 240 g/mol. The first-order valence-corrected chi connectivity index (χ1v) is 6.96. The van der Waals surface area contributed by atoms with E-state index in [0.29, 0.717) is 13.2 Å². The summed E-state index contributed by atoms with van der Waals surface area (Å²) in [5, 5.41) is 2.91. The van der Waals surface area contributed by atoms with Crippen molar-refractivity contribution in [2.45, 2.75) is 37.6 Å². The number of ether oxygens (including phenoxy) is 1. The lowest BCUT2D eigenvalue weighted by atomic mass is 9.98. The zero-order valence-corrected chi connectivity index (χ0v) is 11.2. The van der Waals surface area contributed by atoms with Crippen molar-refractivity contribution in [1.82, 2.24) is 5.32 Å². The van der Waals surface area contributed by atoms with Gasteiger partial charge in [-0.25, -0.2) is 0 Å². The molecule has 1 aromatic carbocycles. The molecule has 0 radical (unpaired) electrons. The summed E-state index contributed by atoms with van der Waals surface area (Å²) >= 11 is 0. The lowest BCUT2D eigenvalue weighted by molar-refractivity contribution is -0.126. The van der Waals surface area contributed by atoms with Gasteiger partial charge in [-0.3, -0.25) is 4.79 Å². The Morgan fingerprint density at radius 1 is 1.26 bits per heavy atom. The normalized spacial score (nSPS) is 17.1. The molecule has 4 nitrogen and oxygen atoms in total. The van der Waals surface area contributed by atoms with Crippen LogP contribution >= 0.6 is 0 Å². The molecule has 1 amide bonds. The lowest BCUT2D eigenvalue weighted by Gasteiger charge is -2.22. The highest BCUT2D eigenvalue weighted by Gasteiger charge is 2.36. The van der Waals surface area contributed by atoms with E-state index in [1.807, 2.05) is 30.3 Å². The first-order chi connectivity index (χ1) is 9.21. The molecule has 1 aromatic rings. The van der Waals surface area contributed by atoms with Crippen molar-refractivity contribution in [3.8, 4) is 5.75 Å². The van der Waals surface area contributed by atoms with Crippen LogP contribution in [-0.4, -0.2) is 24.6 Å². The van der Waals surface area contributed by atoms with E-state index in [1.165, 1.54) is 0 Å². The summed E-state index contributed by atoms with van der Waals surface area (Å²) in [5.74, 6) is 0.852. The fourth-order valence-corrected chi connectivity index (χ4v) is 2.39. The molecule has 0 unspecified atom stereocenters. The molecule has 19 heavy (non-hydrogen) atoms. The molecular formula is C15H22N2O2. The van der Waals surface area contributed by atoms with E-state index in [0.717, 1.165) is 37.9 Å². The Balaban J connectivity index is 1.60. The first-order valence-electron chi connectivity index (χ1n) is 6.96. The Labute approximate surface area is 114 Å². The van der Waals surface area contributed by atoms with Gasteiger partial charge in [-0.2, -0.15) is 0 Å². The minimum Gasteiger partial charge on any atom is -0.494 e. The van der Waals surface area contributed by atoms with Gasteiger partial charge in [0.2, 0.25) is 5.91 Å². The van der Waals surface area contributed by atoms with Crippen molar-refractivity contribution in [2.24, 2.45) is 5.73 Å². The summed E-state index contributed by atoms with van der Waals surface area (Å²) in [4.78, 5) is 11.9. The third kappa shape index (κ3) is 3.96. The second-order valence-corrected chi connectivity index (χ2v) is 5.13. The molecule has 2 rings (SSSR count). The predicted octanol–water partition coefficient (Wildman–Crippen LogP) is 1.84. The van der Waals surface area contributed by atoms with Crippen LogP contribution in [0, 0.1) is 0 Å². The summed E-state index contributed by atoms with van der Waals surface area (Å²) in [7, 11) is 0. The molecule has 1 fully saturated rings. The molecule has 0 aliphatic heterocycles. The zero-order valence-electron chi connectivity index (χ0n) is 11.2. The van der Waals surface area contributed by atoms with Crippen LogP contribution in [-0.2, 0) is 4.79 Å². The van der Waals surface area contributed by atoms with E-state index < -0.39 is 5.54 Å². The van der Waals surface area contributed by atoms with Gasteiger partial charge in [0.1, 0.15) is 5.75 Å². The Morgan fingerprint density at radius 3 is 2.63 bits per heavy atom. The highest BCUT2D eigenvalue weighted by molar-refractivity contribution is 5.86. The number of nitrogens with two attached hydrogens (primary N) is 1. The van der Waals surface area contributed by atoms with Gasteiger partial charge in [-0.05, 0) is 31.4 Å². The second-order valence-electron chi connectivity index (χ2n) is 5.13. The largest absolute Gasteiger partial charge is 0.494 e. The van der Waals surface area contributed by atoms with Crippen molar-refractivity contribution in [2.75, 3.05) is 13.2 Å². The first kappa shape index (κ1) is 13.9. The smallest absolute Gasteiger partial charge is 0.240 e. The van der Waals surface area contributed by atoms with Crippen LogP contribution in [0.4, 0.5) is 0 Å². The predicted molar refractivity (Wildman–Crippen MR) is 75.0 cm³/mol. The van der Waals surface area contributed by atoms with Crippen LogP contribution in [0.3, 0.4) is 0 Å². The van der Waals surface area contributed by atoms with Crippen molar-refractivity contribution in [3.05, 3.63) is 30.3 Å². The minimum atomic E-state index is -0.625. The van der Waals surface area contributed by atoms with Crippen LogP contribution in [0.2, 0.25) is 0 Å². The fraction of sp³-hybridized carbons (Fsp3) is 0.533. The minimum absolute atomic E-state index is 0.00953. The van der Waals surface area contributed by atoms with Crippen molar-refractivity contribution >= 4 is 5.91 Å². The van der Waals surface area contributed by atoms with Crippen LogP contribution in [0.25, 0.3) is 0 Å². The van der Waals surface area contributed by atoms with Crippen LogP contribution in [0.1, 0.15) is 32.1 Å². The van der Waals surface area contributed by atoms with Gasteiger partial charge in [0, 0.05) is 6.54 Å². The molecule has 0 saturated heterocycles. The zero-order chi connectivity index (χ0) is 13.6. The van der Waals surface area contributed by atoms with Gasteiger partial charge >= 0.3 is 0 Å². The highest BCUT2D eigenvalue weighted by Crippen LogP contribution is 2.27. The Morgan fingerprint density at radius 2 is 1.95 bits per heavy atom. The standard InChI is InChI=1S/C15H22N2O2/c16-15(9-4-5-10-15)14(18)17-11-6-12-19-13-7-2-1-3-8-13/h1-3,7-8H,4-6,9-12,16H2,(H,17,18). The van der Waals surface area contributed by atoms with E-state index in [1.54, 1.807) is 0 Å². The Kier molecular flexibility index (Phi) is 4.80. The van der Waals surface area contributed by atoms with E-state index in [4.69, 9.17) is 10.5 Å². The number of benzene rings is 1. The van der Waals surface area contributed by atoms with E-state index in [2.05, 4.69) is 5.32 Å². The summed E-state index contributed by atoms with van der Waals surface area (Å²) in [6.45, 7) is 1.21. The Bertz CT molecular complexity index is 400. The molecule has 1 aliphatic rings. The summed E-state index contributed by atoms with van der Waals surface area (Å²) in [5.41, 5.74) is 5.44.